The zero-order chi connectivity index (χ0) is 13.3. The number of nitriles is 1. The van der Waals surface area contributed by atoms with E-state index < -0.39 is 11.7 Å². The Balaban J connectivity index is 2.43. The number of nitrogens with zero attached hydrogens (tertiary/aromatic N) is 1. The van der Waals surface area contributed by atoms with E-state index in [1.807, 2.05) is 6.07 Å². The molecular weight excluding hydrogens is 241 g/mol. The number of anilines is 1. The van der Waals surface area contributed by atoms with Crippen LogP contribution in [0.4, 0.5) is 18.9 Å². The molecule has 18 heavy (non-hydrogen) atoms. The summed E-state index contributed by atoms with van der Waals surface area (Å²) in [6.45, 7) is 3.45. The summed E-state index contributed by atoms with van der Waals surface area (Å²) < 4.78 is 37.6. The minimum atomic E-state index is -4.45. The van der Waals surface area contributed by atoms with Crippen LogP contribution in [0.2, 0.25) is 0 Å². The van der Waals surface area contributed by atoms with E-state index in [4.69, 9.17) is 5.26 Å². The van der Waals surface area contributed by atoms with Crippen LogP contribution in [0, 0.1) is 11.3 Å². The van der Waals surface area contributed by atoms with Crippen LogP contribution in [0.5, 0.6) is 0 Å². The first-order chi connectivity index (χ1) is 8.41. The summed E-state index contributed by atoms with van der Waals surface area (Å²) in [6.07, 6.45) is -2.86. The van der Waals surface area contributed by atoms with E-state index in [0.29, 0.717) is 23.4 Å². The lowest BCUT2D eigenvalue weighted by Crippen LogP contribution is -2.12. The van der Waals surface area contributed by atoms with Crippen molar-refractivity contribution in [3.8, 4) is 6.07 Å². The van der Waals surface area contributed by atoms with Crippen LogP contribution >= 0.6 is 0 Å². The van der Waals surface area contributed by atoms with Gasteiger partial charge in [-0.3, -0.25) is 0 Å². The van der Waals surface area contributed by atoms with Crippen LogP contribution in [-0.2, 0) is 0 Å². The summed E-state index contributed by atoms with van der Waals surface area (Å²) in [5.74, 6) is 0. The van der Waals surface area contributed by atoms with Crippen molar-refractivity contribution in [3.05, 3.63) is 41.5 Å². The lowest BCUT2D eigenvalue weighted by Gasteiger charge is -2.17. The topological polar surface area (TPSA) is 35.8 Å². The summed E-state index contributed by atoms with van der Waals surface area (Å²) in [5.41, 5.74) is 0.895. The highest BCUT2D eigenvalue weighted by Gasteiger charge is 2.33. The van der Waals surface area contributed by atoms with Gasteiger partial charge in [0.25, 0.3) is 0 Å². The zero-order valence-corrected chi connectivity index (χ0v) is 9.30. The van der Waals surface area contributed by atoms with E-state index >= 15 is 0 Å². The van der Waals surface area contributed by atoms with E-state index in [1.54, 1.807) is 12.1 Å². The molecule has 0 bridgehead atoms. The second kappa shape index (κ2) is 4.22. The summed E-state index contributed by atoms with van der Waals surface area (Å²) >= 11 is 0. The van der Waals surface area contributed by atoms with Crippen LogP contribution in [0.3, 0.4) is 0 Å². The van der Waals surface area contributed by atoms with Gasteiger partial charge in [-0.15, -0.1) is 0 Å². The SMILES string of the molecule is C=C(c1ccc2c(c1)C=C(C#N)CN2)C(F)(F)F. The molecule has 0 aliphatic carbocycles. The van der Waals surface area contributed by atoms with Gasteiger partial charge < -0.3 is 5.32 Å². The molecule has 1 N–H and O–H groups in total. The average molecular weight is 250 g/mol. The average Bonchev–Trinajstić information content (AvgIpc) is 2.35. The van der Waals surface area contributed by atoms with E-state index in [9.17, 15) is 13.2 Å². The van der Waals surface area contributed by atoms with Gasteiger partial charge in [-0.25, -0.2) is 0 Å². The van der Waals surface area contributed by atoms with Crippen molar-refractivity contribution in [3.63, 3.8) is 0 Å². The van der Waals surface area contributed by atoms with Crippen molar-refractivity contribution in [1.82, 2.24) is 0 Å². The molecule has 1 aliphatic heterocycles. The van der Waals surface area contributed by atoms with Gasteiger partial charge in [0.15, 0.2) is 0 Å². The third kappa shape index (κ3) is 2.23. The molecule has 2 nitrogen and oxygen atoms in total. The number of halogens is 3. The molecule has 1 heterocycles. The Morgan fingerprint density at radius 1 is 1.39 bits per heavy atom. The van der Waals surface area contributed by atoms with Crippen molar-refractivity contribution in [2.24, 2.45) is 0 Å². The van der Waals surface area contributed by atoms with Gasteiger partial charge in [0, 0.05) is 11.3 Å². The minimum absolute atomic E-state index is 0.0125. The monoisotopic (exact) mass is 250 g/mol. The maximum Gasteiger partial charge on any atom is 0.416 e. The molecule has 1 aromatic carbocycles. The fourth-order valence-corrected chi connectivity index (χ4v) is 1.70. The Kier molecular flexibility index (Phi) is 2.87. The number of hydrogen-bond donors (Lipinski definition) is 1. The molecule has 0 aromatic heterocycles. The van der Waals surface area contributed by atoms with E-state index in [2.05, 4.69) is 11.9 Å². The first kappa shape index (κ1) is 12.2. The Bertz CT molecular complexity index is 577. The maximum atomic E-state index is 12.5. The molecule has 0 radical (unpaired) electrons. The fourth-order valence-electron chi connectivity index (χ4n) is 1.70. The highest BCUT2D eigenvalue weighted by Crippen LogP contribution is 2.34. The van der Waals surface area contributed by atoms with E-state index in [0.717, 1.165) is 0 Å². The van der Waals surface area contributed by atoms with Crippen molar-refractivity contribution in [2.45, 2.75) is 6.18 Å². The van der Waals surface area contributed by atoms with Crippen molar-refractivity contribution < 1.29 is 13.2 Å². The first-order valence-corrected chi connectivity index (χ1v) is 5.17. The van der Waals surface area contributed by atoms with Crippen molar-refractivity contribution in [2.75, 3.05) is 11.9 Å². The predicted octanol–water partition coefficient (Wildman–Crippen LogP) is 3.59. The lowest BCUT2D eigenvalue weighted by atomic mass is 9.99. The van der Waals surface area contributed by atoms with Crippen molar-refractivity contribution >= 4 is 17.3 Å². The molecule has 0 atom stereocenters. The first-order valence-electron chi connectivity index (χ1n) is 5.17. The fraction of sp³-hybridized carbons (Fsp3) is 0.154. The number of nitrogens with one attached hydrogen (secondary N) is 1. The van der Waals surface area contributed by atoms with Crippen molar-refractivity contribution in [1.29, 1.82) is 5.26 Å². The van der Waals surface area contributed by atoms with Gasteiger partial charge in [-0.2, -0.15) is 18.4 Å². The van der Waals surface area contributed by atoms with Crippen LogP contribution in [0.25, 0.3) is 11.6 Å². The number of rotatable bonds is 1. The molecule has 2 rings (SSSR count). The van der Waals surface area contributed by atoms with Gasteiger partial charge in [-0.1, -0.05) is 12.6 Å². The normalized spacial score (nSPS) is 14.0. The number of hydrogen-bond acceptors (Lipinski definition) is 2. The molecule has 5 heteroatoms. The highest BCUT2D eigenvalue weighted by molar-refractivity contribution is 5.79. The second-order valence-electron chi connectivity index (χ2n) is 3.91. The Morgan fingerprint density at radius 3 is 2.72 bits per heavy atom. The number of fused-ring (bicyclic) bond motifs is 1. The summed E-state index contributed by atoms with van der Waals surface area (Å²) in [4.78, 5) is 0. The van der Waals surface area contributed by atoms with Gasteiger partial charge in [-0.05, 0) is 29.3 Å². The summed E-state index contributed by atoms with van der Waals surface area (Å²) in [6, 6.07) is 6.29. The van der Waals surface area contributed by atoms with E-state index in [1.165, 1.54) is 12.1 Å². The highest BCUT2D eigenvalue weighted by atomic mass is 19.4. The van der Waals surface area contributed by atoms with Crippen LogP contribution < -0.4 is 5.32 Å². The quantitative estimate of drug-likeness (QED) is 0.826. The Labute approximate surface area is 102 Å². The molecule has 0 amide bonds. The second-order valence-corrected chi connectivity index (χ2v) is 3.91. The van der Waals surface area contributed by atoms with Gasteiger partial charge in [0.05, 0.1) is 18.2 Å². The van der Waals surface area contributed by atoms with Crippen LogP contribution in [0.15, 0.2) is 30.4 Å². The Morgan fingerprint density at radius 2 is 2.11 bits per heavy atom. The summed E-state index contributed by atoms with van der Waals surface area (Å²) in [7, 11) is 0. The standard InChI is InChI=1S/C13H9F3N2/c1-8(13(14,15)16)10-2-3-12-11(5-10)4-9(6-17)7-18-12/h2-5,18H,1,7H2. The number of alkyl halides is 3. The summed E-state index contributed by atoms with van der Waals surface area (Å²) in [5, 5.41) is 11.7. The number of benzene rings is 1. The Hall–Kier alpha value is -2.22. The van der Waals surface area contributed by atoms with Gasteiger partial charge in [0.2, 0.25) is 0 Å². The van der Waals surface area contributed by atoms with Crippen LogP contribution in [-0.4, -0.2) is 12.7 Å². The molecule has 0 saturated carbocycles. The van der Waals surface area contributed by atoms with E-state index in [-0.39, 0.29) is 5.56 Å². The molecule has 92 valence electrons. The number of allylic oxidation sites excluding steroid dienone is 1. The third-order valence-electron chi connectivity index (χ3n) is 2.68. The predicted molar refractivity (Wildman–Crippen MR) is 63.6 cm³/mol. The smallest absolute Gasteiger partial charge is 0.380 e. The van der Waals surface area contributed by atoms with Gasteiger partial charge >= 0.3 is 6.18 Å². The molecule has 0 unspecified atom stereocenters. The largest absolute Gasteiger partial charge is 0.416 e. The molecule has 1 aliphatic rings. The molecule has 1 aromatic rings. The third-order valence-corrected chi connectivity index (χ3v) is 2.68. The van der Waals surface area contributed by atoms with Gasteiger partial charge in [0.1, 0.15) is 0 Å². The molecule has 0 fully saturated rings. The van der Waals surface area contributed by atoms with Crippen LogP contribution in [0.1, 0.15) is 11.1 Å². The minimum Gasteiger partial charge on any atom is -0.380 e. The zero-order valence-electron chi connectivity index (χ0n) is 9.30. The molecule has 0 saturated heterocycles. The lowest BCUT2D eigenvalue weighted by molar-refractivity contribution is -0.0686. The maximum absolute atomic E-state index is 12.5. The molecule has 0 spiro atoms. The molecular formula is C13H9F3N2.